The largest absolute Gasteiger partial charge is 0.507 e. The summed E-state index contributed by atoms with van der Waals surface area (Å²) >= 11 is 0. The summed E-state index contributed by atoms with van der Waals surface area (Å²) in [6.45, 7) is 0.790. The maximum atomic E-state index is 13.8. The van der Waals surface area contributed by atoms with Crippen molar-refractivity contribution in [3.63, 3.8) is 0 Å². The second-order valence-electron chi connectivity index (χ2n) is 8.28. The molecule has 1 saturated heterocycles. The minimum Gasteiger partial charge on any atom is -0.507 e. The third-order valence-electron chi connectivity index (χ3n) is 6.09. The van der Waals surface area contributed by atoms with Crippen LogP contribution < -0.4 is 4.90 Å². The monoisotopic (exact) mass is 435 g/mol. The Balaban J connectivity index is 2.01. The molecular formula is C24H25N3O5. The molecule has 166 valence electrons. The first kappa shape index (κ1) is 21.6. The van der Waals surface area contributed by atoms with Crippen molar-refractivity contribution in [3.8, 4) is 5.75 Å². The Morgan fingerprint density at radius 3 is 2.38 bits per heavy atom. The van der Waals surface area contributed by atoms with Crippen LogP contribution in [0, 0.1) is 0 Å². The number of amides is 2. The highest BCUT2D eigenvalue weighted by Crippen LogP contribution is 2.53. The molecule has 32 heavy (non-hydrogen) atoms. The van der Waals surface area contributed by atoms with E-state index in [4.69, 9.17) is 0 Å². The number of rotatable bonds is 5. The van der Waals surface area contributed by atoms with E-state index in [1.807, 2.05) is 19.0 Å². The number of carbonyl (C=O) groups is 3. The normalized spacial score (nSPS) is 21.8. The molecule has 1 spiro atoms. The van der Waals surface area contributed by atoms with Crippen molar-refractivity contribution < 1.29 is 24.6 Å². The predicted octanol–water partition coefficient (Wildman–Crippen LogP) is 1.90. The van der Waals surface area contributed by atoms with Crippen molar-refractivity contribution >= 4 is 29.0 Å². The molecule has 1 atom stereocenters. The first-order valence-electron chi connectivity index (χ1n) is 10.3. The second kappa shape index (κ2) is 7.80. The number of nitrogens with zero attached hydrogens (tertiary/aromatic N) is 3. The maximum Gasteiger partial charge on any atom is 0.296 e. The Morgan fingerprint density at radius 1 is 1.03 bits per heavy atom. The van der Waals surface area contributed by atoms with Gasteiger partial charge in [0, 0.05) is 24.8 Å². The molecule has 0 unspecified atom stereocenters. The van der Waals surface area contributed by atoms with Gasteiger partial charge in [-0.15, -0.1) is 0 Å². The lowest BCUT2D eigenvalue weighted by molar-refractivity contribution is -0.143. The van der Waals surface area contributed by atoms with Crippen LogP contribution in [0.15, 0.2) is 54.1 Å². The number of aromatic hydroxyl groups is 1. The van der Waals surface area contributed by atoms with Crippen molar-refractivity contribution in [3.05, 3.63) is 65.2 Å². The van der Waals surface area contributed by atoms with E-state index >= 15 is 0 Å². The number of aliphatic hydroxyl groups excluding tert-OH is 1. The Labute approximate surface area is 186 Å². The van der Waals surface area contributed by atoms with Crippen LogP contribution in [0.2, 0.25) is 0 Å². The average Bonchev–Trinajstić information content (AvgIpc) is 3.12. The molecular weight excluding hydrogens is 410 g/mol. The van der Waals surface area contributed by atoms with Gasteiger partial charge < -0.3 is 24.9 Å². The minimum atomic E-state index is -1.79. The van der Waals surface area contributed by atoms with Crippen molar-refractivity contribution in [2.45, 2.75) is 12.0 Å². The van der Waals surface area contributed by atoms with Crippen LogP contribution in [0.25, 0.3) is 5.76 Å². The highest BCUT2D eigenvalue weighted by Gasteiger charge is 2.66. The summed E-state index contributed by atoms with van der Waals surface area (Å²) in [5, 5.41) is 21.5. The molecule has 2 aromatic carbocycles. The van der Waals surface area contributed by atoms with E-state index in [0.29, 0.717) is 24.2 Å². The minimum absolute atomic E-state index is 0.0157. The summed E-state index contributed by atoms with van der Waals surface area (Å²) in [7, 11) is 5.37. The molecule has 2 amide bonds. The Kier molecular flexibility index (Phi) is 5.26. The smallest absolute Gasteiger partial charge is 0.296 e. The van der Waals surface area contributed by atoms with Gasteiger partial charge in [0.25, 0.3) is 17.6 Å². The summed E-state index contributed by atoms with van der Waals surface area (Å²) < 4.78 is 0. The van der Waals surface area contributed by atoms with E-state index < -0.39 is 28.9 Å². The summed E-state index contributed by atoms with van der Waals surface area (Å²) in [5.74, 6) is -3.13. The predicted molar refractivity (Wildman–Crippen MR) is 119 cm³/mol. The Morgan fingerprint density at radius 2 is 1.69 bits per heavy atom. The first-order chi connectivity index (χ1) is 15.2. The number of likely N-dealkylation sites (tertiary alicyclic amines) is 1. The standard InChI is InChI=1S/C24H25N3O5/c1-25(2)13-8-14-27-22(31)21(30)19(20(29)15-9-4-7-12-18(15)28)24(27)16-10-5-6-11-17(16)26(3)23(24)32/h4-7,9-12,28-29H,8,13-14H2,1-3H3/t24-/m0/s1. The topological polar surface area (TPSA) is 101 Å². The van der Waals surface area contributed by atoms with Crippen molar-refractivity contribution in [1.82, 2.24) is 9.80 Å². The van der Waals surface area contributed by atoms with E-state index in [-0.39, 0.29) is 23.4 Å². The molecule has 0 saturated carbocycles. The van der Waals surface area contributed by atoms with Gasteiger partial charge in [-0.05, 0) is 45.3 Å². The Hall–Kier alpha value is -3.65. The molecule has 4 rings (SSSR count). The fourth-order valence-corrected chi connectivity index (χ4v) is 4.62. The number of hydrogen-bond acceptors (Lipinski definition) is 6. The number of ketones is 1. The number of aliphatic hydroxyl groups is 1. The van der Waals surface area contributed by atoms with Crippen LogP contribution in [0.3, 0.4) is 0 Å². The average molecular weight is 435 g/mol. The van der Waals surface area contributed by atoms with E-state index in [9.17, 15) is 24.6 Å². The number of Topliss-reactive ketones (excluding diaryl/α,β-unsaturated/α-hetero) is 1. The van der Waals surface area contributed by atoms with Crippen LogP contribution in [0.1, 0.15) is 17.5 Å². The summed E-state index contributed by atoms with van der Waals surface area (Å²) in [6.07, 6.45) is 0.525. The molecule has 2 aliphatic rings. The zero-order valence-corrected chi connectivity index (χ0v) is 18.2. The molecule has 1 fully saturated rings. The van der Waals surface area contributed by atoms with Crippen molar-refractivity contribution in [2.24, 2.45) is 0 Å². The van der Waals surface area contributed by atoms with E-state index in [1.54, 1.807) is 43.4 Å². The van der Waals surface area contributed by atoms with Gasteiger partial charge in [0.1, 0.15) is 11.5 Å². The van der Waals surface area contributed by atoms with Gasteiger partial charge in [0.15, 0.2) is 5.54 Å². The molecule has 2 heterocycles. The van der Waals surface area contributed by atoms with Crippen LogP contribution >= 0.6 is 0 Å². The lowest BCUT2D eigenvalue weighted by Gasteiger charge is -2.34. The lowest BCUT2D eigenvalue weighted by Crippen LogP contribution is -2.51. The lowest BCUT2D eigenvalue weighted by atomic mass is 9.81. The summed E-state index contributed by atoms with van der Waals surface area (Å²) in [4.78, 5) is 44.9. The summed E-state index contributed by atoms with van der Waals surface area (Å²) in [6, 6.07) is 12.9. The molecule has 0 radical (unpaired) electrons. The molecule has 2 aromatic rings. The fourth-order valence-electron chi connectivity index (χ4n) is 4.62. The maximum absolute atomic E-state index is 13.8. The molecule has 0 aromatic heterocycles. The number of para-hydroxylation sites is 2. The van der Waals surface area contributed by atoms with Crippen LogP contribution in [-0.2, 0) is 19.9 Å². The molecule has 2 aliphatic heterocycles. The number of phenols is 1. The number of likely N-dealkylation sites (N-methyl/N-ethyl adjacent to an activating group) is 1. The van der Waals surface area contributed by atoms with Crippen molar-refractivity contribution in [2.75, 3.05) is 39.1 Å². The molecule has 8 nitrogen and oxygen atoms in total. The van der Waals surface area contributed by atoms with Gasteiger partial charge in [0.05, 0.1) is 11.1 Å². The number of benzene rings is 2. The fraction of sp³-hybridized carbons (Fsp3) is 0.292. The second-order valence-corrected chi connectivity index (χ2v) is 8.28. The zero-order valence-electron chi connectivity index (χ0n) is 18.2. The number of anilines is 1. The van der Waals surface area contributed by atoms with Gasteiger partial charge in [-0.25, -0.2) is 0 Å². The number of fused-ring (bicyclic) bond motifs is 2. The quantitative estimate of drug-likeness (QED) is 0.423. The molecule has 0 aliphatic carbocycles. The van der Waals surface area contributed by atoms with Gasteiger partial charge in [-0.2, -0.15) is 0 Å². The third-order valence-corrected chi connectivity index (χ3v) is 6.09. The van der Waals surface area contributed by atoms with Gasteiger partial charge in [-0.1, -0.05) is 30.3 Å². The van der Waals surface area contributed by atoms with Gasteiger partial charge in [0.2, 0.25) is 0 Å². The highest BCUT2D eigenvalue weighted by atomic mass is 16.3. The molecule has 0 bridgehead atoms. The van der Waals surface area contributed by atoms with Crippen LogP contribution in [0.5, 0.6) is 5.75 Å². The number of phenolic OH excluding ortho intramolecular Hbond substituents is 1. The molecule has 2 N–H and O–H groups in total. The summed E-state index contributed by atoms with van der Waals surface area (Å²) in [5.41, 5.74) is -1.12. The van der Waals surface area contributed by atoms with Crippen molar-refractivity contribution in [1.29, 1.82) is 0 Å². The van der Waals surface area contributed by atoms with E-state index in [0.717, 1.165) is 0 Å². The third kappa shape index (κ3) is 2.90. The number of carbonyl (C=O) groups excluding carboxylic acids is 3. The van der Waals surface area contributed by atoms with E-state index in [1.165, 1.54) is 21.9 Å². The highest BCUT2D eigenvalue weighted by molar-refractivity contribution is 6.50. The molecule has 8 heteroatoms. The first-order valence-corrected chi connectivity index (χ1v) is 10.3. The van der Waals surface area contributed by atoms with Crippen LogP contribution in [0.4, 0.5) is 5.69 Å². The number of hydrogen-bond donors (Lipinski definition) is 2. The van der Waals surface area contributed by atoms with Gasteiger partial charge >= 0.3 is 0 Å². The Bertz CT molecular complexity index is 1160. The van der Waals surface area contributed by atoms with Gasteiger partial charge in [-0.3, -0.25) is 14.4 Å². The zero-order chi connectivity index (χ0) is 23.2. The van der Waals surface area contributed by atoms with E-state index in [2.05, 4.69) is 0 Å². The SMILES string of the molecule is CN(C)CCCN1C(=O)C(=O)C(=C(O)c2ccccc2O)[C@@]12C(=O)N(C)c1ccccc12. The van der Waals surface area contributed by atoms with Crippen LogP contribution in [-0.4, -0.2) is 71.8 Å².